The SMILES string of the molecule is CN=C(NCCc1ccc(Cl)nc1)NCC(C)c1ccsc1.I. The van der Waals surface area contributed by atoms with Crippen LogP contribution in [0.25, 0.3) is 0 Å². The molecule has 2 rings (SSSR count). The Labute approximate surface area is 163 Å². The van der Waals surface area contributed by atoms with Gasteiger partial charge in [-0.2, -0.15) is 11.3 Å². The van der Waals surface area contributed by atoms with E-state index in [2.05, 4.69) is 44.4 Å². The summed E-state index contributed by atoms with van der Waals surface area (Å²) in [4.78, 5) is 8.32. The number of guanidine groups is 1. The van der Waals surface area contributed by atoms with Crippen molar-refractivity contribution in [2.24, 2.45) is 4.99 Å². The van der Waals surface area contributed by atoms with Crippen LogP contribution in [0.2, 0.25) is 5.15 Å². The van der Waals surface area contributed by atoms with E-state index in [1.165, 1.54) is 5.56 Å². The van der Waals surface area contributed by atoms with Gasteiger partial charge < -0.3 is 10.6 Å². The molecule has 0 aromatic carbocycles. The highest BCUT2D eigenvalue weighted by Crippen LogP contribution is 2.16. The fraction of sp³-hybridized carbons (Fsp3) is 0.375. The summed E-state index contributed by atoms with van der Waals surface area (Å²) in [5.41, 5.74) is 2.51. The van der Waals surface area contributed by atoms with Crippen LogP contribution in [0.1, 0.15) is 24.0 Å². The average Bonchev–Trinajstić information content (AvgIpc) is 3.06. The van der Waals surface area contributed by atoms with Crippen LogP contribution >= 0.6 is 46.9 Å². The molecule has 0 spiro atoms. The number of pyridine rings is 1. The molecule has 0 aliphatic heterocycles. The van der Waals surface area contributed by atoms with Crippen molar-refractivity contribution in [2.75, 3.05) is 20.1 Å². The summed E-state index contributed by atoms with van der Waals surface area (Å²) in [5, 5.41) is 11.5. The van der Waals surface area contributed by atoms with E-state index in [0.29, 0.717) is 11.1 Å². The summed E-state index contributed by atoms with van der Waals surface area (Å²) in [6, 6.07) is 5.97. The highest BCUT2D eigenvalue weighted by atomic mass is 127. The number of aliphatic imine (C=N–C) groups is 1. The van der Waals surface area contributed by atoms with Gasteiger partial charge in [0, 0.05) is 26.3 Å². The topological polar surface area (TPSA) is 49.3 Å². The highest BCUT2D eigenvalue weighted by Gasteiger charge is 2.06. The first-order chi connectivity index (χ1) is 10.7. The highest BCUT2D eigenvalue weighted by molar-refractivity contribution is 14.0. The largest absolute Gasteiger partial charge is 0.356 e. The van der Waals surface area contributed by atoms with Crippen molar-refractivity contribution >= 4 is 52.9 Å². The third kappa shape index (κ3) is 7.05. The van der Waals surface area contributed by atoms with Crippen molar-refractivity contribution in [1.82, 2.24) is 15.6 Å². The zero-order valence-corrected chi connectivity index (χ0v) is 17.2. The van der Waals surface area contributed by atoms with Crippen molar-refractivity contribution in [1.29, 1.82) is 0 Å². The van der Waals surface area contributed by atoms with Crippen LogP contribution in [0.4, 0.5) is 0 Å². The van der Waals surface area contributed by atoms with Crippen LogP contribution in [0.3, 0.4) is 0 Å². The number of nitrogens with zero attached hydrogens (tertiary/aromatic N) is 2. The number of aromatic nitrogens is 1. The molecule has 7 heteroatoms. The van der Waals surface area contributed by atoms with Gasteiger partial charge in [-0.3, -0.25) is 4.99 Å². The summed E-state index contributed by atoms with van der Waals surface area (Å²) in [7, 11) is 1.79. The van der Waals surface area contributed by atoms with E-state index in [1.807, 2.05) is 12.1 Å². The van der Waals surface area contributed by atoms with Crippen LogP contribution in [0.5, 0.6) is 0 Å². The van der Waals surface area contributed by atoms with Gasteiger partial charge in [-0.05, 0) is 46.4 Å². The van der Waals surface area contributed by atoms with Crippen molar-refractivity contribution in [2.45, 2.75) is 19.3 Å². The molecule has 0 saturated heterocycles. The second kappa shape index (κ2) is 10.8. The van der Waals surface area contributed by atoms with Crippen molar-refractivity contribution in [3.05, 3.63) is 51.4 Å². The van der Waals surface area contributed by atoms with Crippen LogP contribution in [0.15, 0.2) is 40.1 Å². The molecule has 0 aliphatic rings. The van der Waals surface area contributed by atoms with E-state index < -0.39 is 0 Å². The molecule has 1 unspecified atom stereocenters. The number of hydrogen-bond acceptors (Lipinski definition) is 3. The first kappa shape index (κ1) is 20.2. The molecule has 2 N–H and O–H groups in total. The zero-order valence-electron chi connectivity index (χ0n) is 13.3. The van der Waals surface area contributed by atoms with Gasteiger partial charge in [-0.1, -0.05) is 24.6 Å². The van der Waals surface area contributed by atoms with E-state index in [9.17, 15) is 0 Å². The van der Waals surface area contributed by atoms with E-state index >= 15 is 0 Å². The van der Waals surface area contributed by atoms with Crippen molar-refractivity contribution in [3.8, 4) is 0 Å². The lowest BCUT2D eigenvalue weighted by Gasteiger charge is -2.15. The van der Waals surface area contributed by atoms with Gasteiger partial charge in [0.1, 0.15) is 5.15 Å². The van der Waals surface area contributed by atoms with E-state index in [1.54, 1.807) is 24.6 Å². The lowest BCUT2D eigenvalue weighted by atomic mass is 10.1. The molecule has 2 heterocycles. The van der Waals surface area contributed by atoms with E-state index in [-0.39, 0.29) is 24.0 Å². The normalized spacial score (nSPS) is 12.4. The zero-order chi connectivity index (χ0) is 15.8. The Bertz CT molecular complexity index is 587. The molecule has 0 amide bonds. The Morgan fingerprint density at radius 2 is 2.17 bits per heavy atom. The Morgan fingerprint density at radius 1 is 1.35 bits per heavy atom. The van der Waals surface area contributed by atoms with Crippen molar-refractivity contribution in [3.63, 3.8) is 0 Å². The molecule has 0 bridgehead atoms. The summed E-state index contributed by atoms with van der Waals surface area (Å²) in [5.74, 6) is 1.29. The maximum Gasteiger partial charge on any atom is 0.191 e. The van der Waals surface area contributed by atoms with Crippen LogP contribution in [-0.2, 0) is 6.42 Å². The van der Waals surface area contributed by atoms with Gasteiger partial charge in [0.25, 0.3) is 0 Å². The summed E-state index contributed by atoms with van der Waals surface area (Å²) in [6.07, 6.45) is 2.68. The average molecular weight is 465 g/mol. The smallest absolute Gasteiger partial charge is 0.191 e. The first-order valence-corrected chi connectivity index (χ1v) is 8.58. The summed E-state index contributed by atoms with van der Waals surface area (Å²) >= 11 is 7.51. The number of thiophene rings is 1. The maximum absolute atomic E-state index is 5.78. The molecular formula is C16H22ClIN4S. The molecule has 23 heavy (non-hydrogen) atoms. The minimum atomic E-state index is 0. The molecule has 2 aromatic heterocycles. The summed E-state index contributed by atoms with van der Waals surface area (Å²) in [6.45, 7) is 3.87. The Morgan fingerprint density at radius 3 is 2.78 bits per heavy atom. The van der Waals surface area contributed by atoms with E-state index in [4.69, 9.17) is 11.6 Å². The molecule has 1 atom stereocenters. The van der Waals surface area contributed by atoms with Crippen molar-refractivity contribution < 1.29 is 0 Å². The second-order valence-corrected chi connectivity index (χ2v) is 6.24. The van der Waals surface area contributed by atoms with Gasteiger partial charge in [0.2, 0.25) is 0 Å². The Kier molecular flexibility index (Phi) is 9.50. The van der Waals surface area contributed by atoms with Gasteiger partial charge in [0.05, 0.1) is 0 Å². The molecule has 126 valence electrons. The number of hydrogen-bond donors (Lipinski definition) is 2. The molecule has 2 aromatic rings. The molecule has 0 radical (unpaired) electrons. The second-order valence-electron chi connectivity index (χ2n) is 5.08. The minimum Gasteiger partial charge on any atom is -0.356 e. The first-order valence-electron chi connectivity index (χ1n) is 7.26. The third-order valence-electron chi connectivity index (χ3n) is 3.41. The standard InChI is InChI=1S/C16H21ClN4S.HI/c1-12(14-6-8-22-11-14)9-21-16(18-2)19-7-5-13-3-4-15(17)20-10-13;/h3-4,6,8,10-12H,5,7,9H2,1-2H3,(H2,18,19,21);1H. The maximum atomic E-state index is 5.78. The number of halogens is 2. The number of nitrogens with one attached hydrogen (secondary N) is 2. The predicted molar refractivity (Wildman–Crippen MR) is 110 cm³/mol. The quantitative estimate of drug-likeness (QED) is 0.295. The minimum absolute atomic E-state index is 0. The molecule has 0 fully saturated rings. The number of rotatable bonds is 6. The molecular weight excluding hydrogens is 443 g/mol. The van der Waals surface area contributed by atoms with Gasteiger partial charge in [-0.25, -0.2) is 4.98 Å². The Hall–Kier alpha value is -0.860. The van der Waals surface area contributed by atoms with Gasteiger partial charge >= 0.3 is 0 Å². The molecule has 0 saturated carbocycles. The fourth-order valence-corrected chi connectivity index (χ4v) is 2.92. The Balaban J connectivity index is 0.00000264. The van der Waals surface area contributed by atoms with Crippen LogP contribution < -0.4 is 10.6 Å². The van der Waals surface area contributed by atoms with E-state index in [0.717, 1.165) is 31.0 Å². The van der Waals surface area contributed by atoms with Crippen LogP contribution in [-0.4, -0.2) is 31.1 Å². The monoisotopic (exact) mass is 464 g/mol. The van der Waals surface area contributed by atoms with Gasteiger partial charge in [0.15, 0.2) is 5.96 Å². The summed E-state index contributed by atoms with van der Waals surface area (Å²) < 4.78 is 0. The van der Waals surface area contributed by atoms with Crippen LogP contribution in [0, 0.1) is 0 Å². The lowest BCUT2D eigenvalue weighted by Crippen LogP contribution is -2.39. The lowest BCUT2D eigenvalue weighted by molar-refractivity contribution is 0.699. The predicted octanol–water partition coefficient (Wildman–Crippen LogP) is 3.93. The van der Waals surface area contributed by atoms with Gasteiger partial charge in [-0.15, -0.1) is 24.0 Å². The fourth-order valence-electron chi connectivity index (χ4n) is 2.02. The molecule has 4 nitrogen and oxygen atoms in total. The molecule has 0 aliphatic carbocycles. The third-order valence-corrected chi connectivity index (χ3v) is 4.33.